The van der Waals surface area contributed by atoms with Crippen molar-refractivity contribution in [3.05, 3.63) is 65.2 Å². The van der Waals surface area contributed by atoms with Crippen molar-refractivity contribution in [2.24, 2.45) is 0 Å². The molecule has 0 saturated heterocycles. The molecule has 0 aliphatic rings. The summed E-state index contributed by atoms with van der Waals surface area (Å²) in [7, 11) is 0. The van der Waals surface area contributed by atoms with E-state index in [1.54, 1.807) is 0 Å². The lowest BCUT2D eigenvalue weighted by Crippen LogP contribution is -1.99. The molecule has 1 nitrogen and oxygen atoms in total. The maximum Gasteiger partial charge on any atom is 0.128 e. The van der Waals surface area contributed by atoms with Gasteiger partial charge in [-0.25, -0.2) is 8.78 Å². The molecular formula is C16H15BrF2O. The van der Waals surface area contributed by atoms with Crippen molar-refractivity contribution in [1.29, 1.82) is 0 Å². The second-order valence-electron chi connectivity index (χ2n) is 4.45. The first kappa shape index (κ1) is 15.0. The van der Waals surface area contributed by atoms with Crippen molar-refractivity contribution in [3.63, 3.8) is 0 Å². The van der Waals surface area contributed by atoms with Crippen LogP contribution in [-0.4, -0.2) is 6.61 Å². The molecule has 0 aliphatic heterocycles. The van der Waals surface area contributed by atoms with Gasteiger partial charge >= 0.3 is 0 Å². The molecule has 0 amide bonds. The summed E-state index contributed by atoms with van der Waals surface area (Å²) in [6, 6.07) is 10.8. The van der Waals surface area contributed by atoms with Crippen molar-refractivity contribution in [2.45, 2.75) is 18.2 Å². The van der Waals surface area contributed by atoms with E-state index >= 15 is 0 Å². The first-order valence-corrected chi connectivity index (χ1v) is 7.35. The van der Waals surface area contributed by atoms with E-state index in [9.17, 15) is 8.78 Å². The summed E-state index contributed by atoms with van der Waals surface area (Å²) in [6.07, 6.45) is 0.917. The molecule has 0 aromatic heterocycles. The summed E-state index contributed by atoms with van der Waals surface area (Å²) in [5.74, 6) is -0.164. The molecule has 1 unspecified atom stereocenters. The highest BCUT2D eigenvalue weighted by atomic mass is 79.9. The standard InChI is InChI=1S/C16H15BrF2O/c1-2-8-20-13-5-3-4-11(9-13)16(17)14-10-12(18)6-7-15(14)19/h3-7,9-10,16H,2,8H2,1H3. The Bertz CT molecular complexity index is 586. The third-order valence-corrected chi connectivity index (χ3v) is 3.88. The monoisotopic (exact) mass is 340 g/mol. The van der Waals surface area contributed by atoms with Gasteiger partial charge in [0.15, 0.2) is 0 Å². The smallest absolute Gasteiger partial charge is 0.128 e. The predicted molar refractivity (Wildman–Crippen MR) is 79.4 cm³/mol. The lowest BCUT2D eigenvalue weighted by molar-refractivity contribution is 0.317. The molecule has 0 aliphatic carbocycles. The Morgan fingerprint density at radius 2 is 1.95 bits per heavy atom. The fraction of sp³-hybridized carbons (Fsp3) is 0.250. The Morgan fingerprint density at radius 1 is 1.15 bits per heavy atom. The van der Waals surface area contributed by atoms with Crippen LogP contribution in [-0.2, 0) is 0 Å². The number of ether oxygens (including phenoxy) is 1. The molecule has 106 valence electrons. The van der Waals surface area contributed by atoms with E-state index in [4.69, 9.17) is 4.74 Å². The highest BCUT2D eigenvalue weighted by molar-refractivity contribution is 9.09. The molecule has 0 heterocycles. The molecule has 0 bridgehead atoms. The fourth-order valence-corrected chi connectivity index (χ4v) is 2.51. The van der Waals surface area contributed by atoms with Crippen LogP contribution in [0.5, 0.6) is 5.75 Å². The van der Waals surface area contributed by atoms with Crippen LogP contribution in [0.2, 0.25) is 0 Å². The first-order valence-electron chi connectivity index (χ1n) is 6.43. The lowest BCUT2D eigenvalue weighted by Gasteiger charge is -2.13. The van der Waals surface area contributed by atoms with Gasteiger partial charge in [-0.05, 0) is 42.3 Å². The molecular weight excluding hydrogens is 326 g/mol. The second-order valence-corrected chi connectivity index (χ2v) is 5.37. The van der Waals surface area contributed by atoms with E-state index in [1.807, 2.05) is 31.2 Å². The summed E-state index contributed by atoms with van der Waals surface area (Å²) in [4.78, 5) is -0.414. The zero-order chi connectivity index (χ0) is 14.5. The van der Waals surface area contributed by atoms with Gasteiger partial charge in [0, 0.05) is 5.56 Å². The second kappa shape index (κ2) is 6.84. The van der Waals surface area contributed by atoms with Gasteiger partial charge in [-0.1, -0.05) is 35.0 Å². The summed E-state index contributed by atoms with van der Waals surface area (Å²) in [5, 5.41) is 0. The normalized spacial score (nSPS) is 12.2. The molecule has 2 rings (SSSR count). The average molecular weight is 341 g/mol. The third kappa shape index (κ3) is 3.57. The predicted octanol–water partition coefficient (Wildman–Crippen LogP) is 5.24. The highest BCUT2D eigenvalue weighted by Crippen LogP contribution is 2.34. The molecule has 0 N–H and O–H groups in total. The SMILES string of the molecule is CCCOc1cccc(C(Br)c2cc(F)ccc2F)c1. The van der Waals surface area contributed by atoms with Crippen LogP contribution in [0.25, 0.3) is 0 Å². The van der Waals surface area contributed by atoms with E-state index in [0.717, 1.165) is 29.9 Å². The van der Waals surface area contributed by atoms with E-state index in [1.165, 1.54) is 6.07 Å². The quantitative estimate of drug-likeness (QED) is 0.676. The van der Waals surface area contributed by atoms with E-state index in [0.29, 0.717) is 6.61 Å². The topological polar surface area (TPSA) is 9.23 Å². The molecule has 2 aromatic carbocycles. The summed E-state index contributed by atoms with van der Waals surface area (Å²) < 4.78 is 32.6. The first-order chi connectivity index (χ1) is 9.61. The molecule has 0 radical (unpaired) electrons. The minimum Gasteiger partial charge on any atom is -0.494 e. The zero-order valence-electron chi connectivity index (χ0n) is 11.1. The summed E-state index contributed by atoms with van der Waals surface area (Å²) in [6.45, 7) is 2.66. The third-order valence-electron chi connectivity index (χ3n) is 2.85. The van der Waals surface area contributed by atoms with Crippen LogP contribution < -0.4 is 4.74 Å². The molecule has 4 heteroatoms. The van der Waals surface area contributed by atoms with Crippen LogP contribution in [0.3, 0.4) is 0 Å². The van der Waals surface area contributed by atoms with E-state index in [2.05, 4.69) is 15.9 Å². The lowest BCUT2D eigenvalue weighted by atomic mass is 10.0. The van der Waals surface area contributed by atoms with Crippen LogP contribution in [0.1, 0.15) is 29.3 Å². The molecule has 0 saturated carbocycles. The van der Waals surface area contributed by atoms with E-state index < -0.39 is 16.5 Å². The Balaban J connectivity index is 2.28. The van der Waals surface area contributed by atoms with Gasteiger partial charge in [0.2, 0.25) is 0 Å². The van der Waals surface area contributed by atoms with Crippen molar-refractivity contribution in [2.75, 3.05) is 6.61 Å². The van der Waals surface area contributed by atoms with Gasteiger partial charge in [0.1, 0.15) is 17.4 Å². The maximum absolute atomic E-state index is 13.8. The Hall–Kier alpha value is -1.42. The fourth-order valence-electron chi connectivity index (χ4n) is 1.87. The van der Waals surface area contributed by atoms with Gasteiger partial charge in [0.25, 0.3) is 0 Å². The van der Waals surface area contributed by atoms with Gasteiger partial charge in [-0.2, -0.15) is 0 Å². The molecule has 0 spiro atoms. The van der Waals surface area contributed by atoms with Gasteiger partial charge < -0.3 is 4.74 Å². The Morgan fingerprint density at radius 3 is 2.70 bits per heavy atom. The highest BCUT2D eigenvalue weighted by Gasteiger charge is 2.16. The summed E-state index contributed by atoms with van der Waals surface area (Å²) >= 11 is 3.42. The molecule has 1 atom stereocenters. The zero-order valence-corrected chi connectivity index (χ0v) is 12.7. The van der Waals surface area contributed by atoms with Gasteiger partial charge in [-0.15, -0.1) is 0 Å². The Labute approximate surface area is 125 Å². The van der Waals surface area contributed by atoms with Crippen molar-refractivity contribution < 1.29 is 13.5 Å². The van der Waals surface area contributed by atoms with Gasteiger partial charge in [-0.3, -0.25) is 0 Å². The molecule has 2 aromatic rings. The molecule has 0 fully saturated rings. The number of rotatable bonds is 5. The van der Waals surface area contributed by atoms with Crippen molar-refractivity contribution >= 4 is 15.9 Å². The van der Waals surface area contributed by atoms with Crippen molar-refractivity contribution in [3.8, 4) is 5.75 Å². The van der Waals surface area contributed by atoms with Gasteiger partial charge in [0.05, 0.1) is 11.4 Å². The maximum atomic E-state index is 13.8. The van der Waals surface area contributed by atoms with Crippen LogP contribution in [0.15, 0.2) is 42.5 Å². The summed E-state index contributed by atoms with van der Waals surface area (Å²) in [5.41, 5.74) is 1.10. The minimum absolute atomic E-state index is 0.276. The number of benzene rings is 2. The average Bonchev–Trinajstić information content (AvgIpc) is 2.47. The number of alkyl halides is 1. The number of halogens is 3. The van der Waals surface area contributed by atoms with Crippen molar-refractivity contribution in [1.82, 2.24) is 0 Å². The molecule has 20 heavy (non-hydrogen) atoms. The van der Waals surface area contributed by atoms with Crippen LogP contribution in [0, 0.1) is 11.6 Å². The number of hydrogen-bond donors (Lipinski definition) is 0. The van der Waals surface area contributed by atoms with E-state index in [-0.39, 0.29) is 5.56 Å². The number of hydrogen-bond acceptors (Lipinski definition) is 1. The largest absolute Gasteiger partial charge is 0.494 e. The van der Waals surface area contributed by atoms with Crippen LogP contribution >= 0.6 is 15.9 Å². The minimum atomic E-state index is -0.454. The Kier molecular flexibility index (Phi) is 5.12. The van der Waals surface area contributed by atoms with Crippen LogP contribution in [0.4, 0.5) is 8.78 Å².